The Labute approximate surface area is 160 Å². The lowest BCUT2D eigenvalue weighted by molar-refractivity contribution is -0.133. The molecule has 1 aromatic carbocycles. The van der Waals surface area contributed by atoms with Crippen molar-refractivity contribution in [3.05, 3.63) is 55.1 Å². The van der Waals surface area contributed by atoms with Crippen LogP contribution < -0.4 is 4.72 Å². The van der Waals surface area contributed by atoms with Crippen LogP contribution in [-0.4, -0.2) is 50.9 Å². The van der Waals surface area contributed by atoms with Crippen LogP contribution in [0.15, 0.2) is 54.5 Å². The lowest BCUT2D eigenvalue weighted by atomic mass is 10.2. The van der Waals surface area contributed by atoms with Crippen LogP contribution >= 0.6 is 0 Å². The van der Waals surface area contributed by atoms with Gasteiger partial charge in [0.2, 0.25) is 10.0 Å². The van der Waals surface area contributed by atoms with Gasteiger partial charge in [-0.1, -0.05) is 19.1 Å². The van der Waals surface area contributed by atoms with Crippen LogP contribution in [0.2, 0.25) is 0 Å². The van der Waals surface area contributed by atoms with Gasteiger partial charge in [0.15, 0.2) is 6.61 Å². The second kappa shape index (κ2) is 10.6. The third-order valence-electron chi connectivity index (χ3n) is 3.75. The summed E-state index contributed by atoms with van der Waals surface area (Å²) in [6.45, 7) is 11.0. The number of rotatable bonds is 11. The zero-order chi connectivity index (χ0) is 20.4. The van der Waals surface area contributed by atoms with Gasteiger partial charge in [-0.25, -0.2) is 17.9 Å². The minimum absolute atomic E-state index is 0.0542. The number of nitrogens with zero attached hydrogens (tertiary/aromatic N) is 1. The number of carbonyl (C=O) groups is 2. The van der Waals surface area contributed by atoms with Gasteiger partial charge < -0.3 is 9.64 Å². The van der Waals surface area contributed by atoms with E-state index < -0.39 is 22.6 Å². The molecule has 0 aliphatic carbocycles. The van der Waals surface area contributed by atoms with Gasteiger partial charge in [-0.05, 0) is 37.6 Å². The lowest BCUT2D eigenvalue weighted by Crippen LogP contribution is -2.35. The van der Waals surface area contributed by atoms with E-state index in [4.69, 9.17) is 4.74 Å². The number of carbonyl (C=O) groups excluding carboxylic acids is 2. The average Bonchev–Trinajstić information content (AvgIpc) is 2.65. The second-order valence-corrected chi connectivity index (χ2v) is 7.62. The summed E-state index contributed by atoms with van der Waals surface area (Å²) < 4.78 is 31.9. The van der Waals surface area contributed by atoms with Crippen molar-refractivity contribution in [3.63, 3.8) is 0 Å². The van der Waals surface area contributed by atoms with E-state index in [1.807, 2.05) is 6.92 Å². The molecule has 0 aromatic heterocycles. The van der Waals surface area contributed by atoms with Crippen LogP contribution in [0.3, 0.4) is 0 Å². The Hall–Kier alpha value is -2.45. The molecule has 8 heteroatoms. The Bertz CT molecular complexity index is 762. The standard InChI is InChI=1S/C19H26N2O5S/c1-5-12-21(13-6-2)18(22)14-26-19(23)16-8-10-17(11-9-16)27(24,25)20-15(4)7-3/h5-6,8-11,15,20H,1-2,7,12-14H2,3-4H3. The Kier molecular flexibility index (Phi) is 8.90. The summed E-state index contributed by atoms with van der Waals surface area (Å²) in [5.41, 5.74) is 0.157. The van der Waals surface area contributed by atoms with Crippen molar-refractivity contribution in [1.82, 2.24) is 9.62 Å². The number of hydrogen-bond donors (Lipinski definition) is 1. The molecule has 27 heavy (non-hydrogen) atoms. The smallest absolute Gasteiger partial charge is 0.338 e. The summed E-state index contributed by atoms with van der Waals surface area (Å²) in [5.74, 6) is -1.08. The summed E-state index contributed by atoms with van der Waals surface area (Å²) in [6, 6.07) is 5.15. The number of ether oxygens (including phenoxy) is 1. The summed E-state index contributed by atoms with van der Waals surface area (Å²) >= 11 is 0. The van der Waals surface area contributed by atoms with E-state index in [9.17, 15) is 18.0 Å². The first-order chi connectivity index (χ1) is 12.7. The topological polar surface area (TPSA) is 92.8 Å². The number of sulfonamides is 1. The first-order valence-electron chi connectivity index (χ1n) is 8.54. The van der Waals surface area contributed by atoms with Gasteiger partial charge in [-0.2, -0.15) is 0 Å². The Morgan fingerprint density at radius 1 is 1.19 bits per heavy atom. The predicted molar refractivity (Wildman–Crippen MR) is 104 cm³/mol. The molecule has 0 fully saturated rings. The first kappa shape index (κ1) is 22.6. The minimum atomic E-state index is -3.65. The lowest BCUT2D eigenvalue weighted by Gasteiger charge is -2.19. The zero-order valence-corrected chi connectivity index (χ0v) is 16.5. The Morgan fingerprint density at radius 3 is 2.22 bits per heavy atom. The molecule has 0 spiro atoms. The highest BCUT2D eigenvalue weighted by molar-refractivity contribution is 7.89. The minimum Gasteiger partial charge on any atom is -0.452 e. The van der Waals surface area contributed by atoms with Crippen molar-refractivity contribution in [2.75, 3.05) is 19.7 Å². The van der Waals surface area contributed by atoms with Gasteiger partial charge in [0, 0.05) is 19.1 Å². The van der Waals surface area contributed by atoms with E-state index in [2.05, 4.69) is 17.9 Å². The van der Waals surface area contributed by atoms with Gasteiger partial charge in [0.25, 0.3) is 5.91 Å². The van der Waals surface area contributed by atoms with Gasteiger partial charge in [-0.15, -0.1) is 13.2 Å². The molecule has 0 aliphatic rings. The number of benzene rings is 1. The maximum Gasteiger partial charge on any atom is 0.338 e. The monoisotopic (exact) mass is 394 g/mol. The summed E-state index contributed by atoms with van der Waals surface area (Å²) in [7, 11) is -3.65. The van der Waals surface area contributed by atoms with Crippen LogP contribution in [0.25, 0.3) is 0 Å². The van der Waals surface area contributed by atoms with Gasteiger partial charge >= 0.3 is 5.97 Å². The number of hydrogen-bond acceptors (Lipinski definition) is 5. The highest BCUT2D eigenvalue weighted by atomic mass is 32.2. The van der Waals surface area contributed by atoms with E-state index >= 15 is 0 Å². The van der Waals surface area contributed by atoms with Crippen molar-refractivity contribution in [2.24, 2.45) is 0 Å². The Balaban J connectivity index is 2.73. The van der Waals surface area contributed by atoms with E-state index in [1.54, 1.807) is 19.1 Å². The number of amides is 1. The molecule has 1 aromatic rings. The normalized spacial score (nSPS) is 12.1. The molecule has 0 aliphatic heterocycles. The van der Waals surface area contributed by atoms with E-state index in [0.717, 1.165) is 0 Å². The zero-order valence-electron chi connectivity index (χ0n) is 15.7. The van der Waals surface area contributed by atoms with Crippen LogP contribution in [-0.2, 0) is 19.6 Å². The van der Waals surface area contributed by atoms with Crippen LogP contribution in [0.4, 0.5) is 0 Å². The molecule has 1 rings (SSSR count). The molecule has 1 N–H and O–H groups in total. The van der Waals surface area contributed by atoms with E-state index in [-0.39, 0.29) is 22.4 Å². The maximum absolute atomic E-state index is 12.2. The van der Waals surface area contributed by atoms with Crippen molar-refractivity contribution in [3.8, 4) is 0 Å². The highest BCUT2D eigenvalue weighted by Gasteiger charge is 2.18. The van der Waals surface area contributed by atoms with E-state index in [0.29, 0.717) is 19.5 Å². The molecular weight excluding hydrogens is 368 g/mol. The predicted octanol–water partition coefficient (Wildman–Crippen LogP) is 2.12. The van der Waals surface area contributed by atoms with Gasteiger partial charge in [-0.3, -0.25) is 4.79 Å². The second-order valence-electron chi connectivity index (χ2n) is 5.91. The third-order valence-corrected chi connectivity index (χ3v) is 5.35. The van der Waals surface area contributed by atoms with Crippen molar-refractivity contribution in [1.29, 1.82) is 0 Å². The Morgan fingerprint density at radius 2 is 1.74 bits per heavy atom. The van der Waals surface area contributed by atoms with Gasteiger partial charge in [0.05, 0.1) is 10.5 Å². The largest absolute Gasteiger partial charge is 0.452 e. The van der Waals surface area contributed by atoms with Crippen LogP contribution in [0.1, 0.15) is 30.6 Å². The molecule has 0 heterocycles. The van der Waals surface area contributed by atoms with Crippen molar-refractivity contribution in [2.45, 2.75) is 31.2 Å². The molecular formula is C19H26N2O5S. The quantitative estimate of drug-likeness (QED) is 0.458. The molecule has 1 amide bonds. The summed E-state index contributed by atoms with van der Waals surface area (Å²) in [4.78, 5) is 25.6. The summed E-state index contributed by atoms with van der Waals surface area (Å²) in [6.07, 6.45) is 3.79. The number of nitrogens with one attached hydrogen (secondary N) is 1. The SMILES string of the molecule is C=CCN(CC=C)C(=O)COC(=O)c1ccc(S(=O)(=O)NC(C)CC)cc1. The molecule has 148 valence electrons. The highest BCUT2D eigenvalue weighted by Crippen LogP contribution is 2.12. The summed E-state index contributed by atoms with van der Waals surface area (Å²) in [5, 5.41) is 0. The van der Waals surface area contributed by atoms with E-state index in [1.165, 1.54) is 29.2 Å². The van der Waals surface area contributed by atoms with Crippen molar-refractivity contribution >= 4 is 21.9 Å². The molecule has 7 nitrogen and oxygen atoms in total. The molecule has 0 radical (unpaired) electrons. The maximum atomic E-state index is 12.2. The van der Waals surface area contributed by atoms with Crippen molar-refractivity contribution < 1.29 is 22.7 Å². The van der Waals surface area contributed by atoms with Gasteiger partial charge in [0.1, 0.15) is 0 Å². The van der Waals surface area contributed by atoms with Crippen LogP contribution in [0, 0.1) is 0 Å². The third kappa shape index (κ3) is 6.99. The molecule has 1 atom stereocenters. The molecule has 0 saturated heterocycles. The molecule has 0 bridgehead atoms. The average molecular weight is 394 g/mol. The fourth-order valence-corrected chi connectivity index (χ4v) is 3.41. The molecule has 1 unspecified atom stereocenters. The van der Waals surface area contributed by atoms with Crippen LogP contribution in [0.5, 0.6) is 0 Å². The molecule has 0 saturated carbocycles. The first-order valence-corrected chi connectivity index (χ1v) is 10.0. The fourth-order valence-electron chi connectivity index (χ4n) is 2.08. The number of esters is 1. The fraction of sp³-hybridized carbons (Fsp3) is 0.368.